The van der Waals surface area contributed by atoms with Gasteiger partial charge in [0.1, 0.15) is 24.5 Å². The summed E-state index contributed by atoms with van der Waals surface area (Å²) in [5, 5.41) is 0.460. The molecule has 2 heterocycles. The van der Waals surface area contributed by atoms with Crippen LogP contribution in [0.15, 0.2) is 80.6 Å². The van der Waals surface area contributed by atoms with Gasteiger partial charge in [-0.3, -0.25) is 4.79 Å². The van der Waals surface area contributed by atoms with E-state index in [1.807, 2.05) is 37.3 Å². The van der Waals surface area contributed by atoms with E-state index in [-0.39, 0.29) is 23.5 Å². The average molecular weight is 362 g/mol. The van der Waals surface area contributed by atoms with E-state index in [0.717, 1.165) is 11.3 Å². The number of aryl methyl sites for hydroxylation is 1. The van der Waals surface area contributed by atoms with Gasteiger partial charge in [0.15, 0.2) is 5.76 Å². The first-order chi connectivity index (χ1) is 13.2. The lowest BCUT2D eigenvalue weighted by atomic mass is 10.2. The van der Waals surface area contributed by atoms with Crippen LogP contribution < -0.4 is 14.9 Å². The van der Waals surface area contributed by atoms with Gasteiger partial charge in [0.05, 0.1) is 11.6 Å². The van der Waals surface area contributed by atoms with Crippen molar-refractivity contribution in [2.45, 2.75) is 6.92 Å². The van der Waals surface area contributed by atoms with Crippen molar-refractivity contribution in [3.63, 3.8) is 0 Å². The number of furan rings is 1. The molecule has 4 aromatic rings. The summed E-state index contributed by atoms with van der Waals surface area (Å²) in [5.41, 5.74) is 1.41. The van der Waals surface area contributed by atoms with E-state index in [4.69, 9.17) is 18.3 Å². The fraction of sp³-hybridized carbons (Fsp3) is 0.136. The Kier molecular flexibility index (Phi) is 4.66. The van der Waals surface area contributed by atoms with Crippen LogP contribution in [0.2, 0.25) is 0 Å². The van der Waals surface area contributed by atoms with Gasteiger partial charge in [-0.25, -0.2) is 0 Å². The van der Waals surface area contributed by atoms with Crippen LogP contribution in [0.4, 0.5) is 0 Å². The molecular formula is C22H18O5. The minimum Gasteiger partial charge on any atom is -0.490 e. The van der Waals surface area contributed by atoms with E-state index in [9.17, 15) is 4.79 Å². The fourth-order valence-electron chi connectivity index (χ4n) is 2.76. The molecule has 2 aromatic heterocycles. The summed E-state index contributed by atoms with van der Waals surface area (Å²) in [6.45, 7) is 2.51. The van der Waals surface area contributed by atoms with Crippen molar-refractivity contribution in [2.75, 3.05) is 13.2 Å². The molecule has 27 heavy (non-hydrogen) atoms. The summed E-state index contributed by atoms with van der Waals surface area (Å²) >= 11 is 0. The first kappa shape index (κ1) is 17.0. The van der Waals surface area contributed by atoms with Crippen LogP contribution >= 0.6 is 0 Å². The van der Waals surface area contributed by atoms with E-state index in [2.05, 4.69) is 0 Å². The SMILES string of the molecule is Cc1ccc(OCCOc2c(-c3ccco3)oc3ccccc3c2=O)cc1. The summed E-state index contributed by atoms with van der Waals surface area (Å²) in [6, 6.07) is 18.3. The standard InChI is InChI=1S/C22H18O5/c1-15-8-10-16(11-9-15)24-13-14-26-22-20(23)17-5-2-3-6-18(17)27-21(22)19-7-4-12-25-19/h2-12H,13-14H2,1H3. The van der Waals surface area contributed by atoms with Gasteiger partial charge in [-0.1, -0.05) is 29.8 Å². The topological polar surface area (TPSA) is 61.8 Å². The Hall–Kier alpha value is -3.47. The van der Waals surface area contributed by atoms with Crippen LogP contribution in [0.1, 0.15) is 5.56 Å². The lowest BCUT2D eigenvalue weighted by Crippen LogP contribution is -2.15. The smallest absolute Gasteiger partial charge is 0.235 e. The number of para-hydroxylation sites is 1. The van der Waals surface area contributed by atoms with E-state index in [0.29, 0.717) is 23.3 Å². The lowest BCUT2D eigenvalue weighted by Gasteiger charge is -2.11. The van der Waals surface area contributed by atoms with E-state index in [1.165, 1.54) is 6.26 Å². The van der Waals surface area contributed by atoms with Gasteiger partial charge in [0, 0.05) is 0 Å². The minimum absolute atomic E-state index is 0.121. The molecular weight excluding hydrogens is 344 g/mol. The molecule has 0 radical (unpaired) electrons. The van der Waals surface area contributed by atoms with E-state index in [1.54, 1.807) is 30.3 Å². The molecule has 0 N–H and O–H groups in total. The van der Waals surface area contributed by atoms with Crippen LogP contribution in [0, 0.1) is 6.92 Å². The third kappa shape index (κ3) is 3.58. The van der Waals surface area contributed by atoms with Crippen molar-refractivity contribution >= 4 is 11.0 Å². The molecule has 136 valence electrons. The second-order valence-corrected chi connectivity index (χ2v) is 6.07. The maximum absolute atomic E-state index is 12.9. The molecule has 0 aliphatic heterocycles. The molecule has 0 saturated carbocycles. The summed E-state index contributed by atoms with van der Waals surface area (Å²) < 4.78 is 22.7. The molecule has 5 heteroatoms. The van der Waals surface area contributed by atoms with Crippen molar-refractivity contribution in [1.82, 2.24) is 0 Å². The van der Waals surface area contributed by atoms with Gasteiger partial charge in [-0.05, 0) is 43.3 Å². The summed E-state index contributed by atoms with van der Waals surface area (Å²) in [4.78, 5) is 12.9. The van der Waals surface area contributed by atoms with Crippen LogP contribution in [-0.2, 0) is 0 Å². The fourth-order valence-corrected chi connectivity index (χ4v) is 2.76. The largest absolute Gasteiger partial charge is 0.490 e. The van der Waals surface area contributed by atoms with Crippen LogP contribution in [0.25, 0.3) is 22.5 Å². The molecule has 2 aromatic carbocycles. The molecule has 0 amide bonds. The highest BCUT2D eigenvalue weighted by atomic mass is 16.5. The third-order valence-corrected chi connectivity index (χ3v) is 4.12. The van der Waals surface area contributed by atoms with Crippen LogP contribution in [-0.4, -0.2) is 13.2 Å². The van der Waals surface area contributed by atoms with Crippen LogP contribution in [0.3, 0.4) is 0 Å². The molecule has 0 unspecified atom stereocenters. The minimum atomic E-state index is -0.237. The second-order valence-electron chi connectivity index (χ2n) is 6.07. The van der Waals surface area contributed by atoms with Gasteiger partial charge in [-0.15, -0.1) is 0 Å². The number of fused-ring (bicyclic) bond motifs is 1. The van der Waals surface area contributed by atoms with Gasteiger partial charge in [0.2, 0.25) is 16.9 Å². The maximum atomic E-state index is 12.9. The summed E-state index contributed by atoms with van der Waals surface area (Å²) in [7, 11) is 0. The molecule has 0 spiro atoms. The van der Waals surface area contributed by atoms with Crippen molar-refractivity contribution in [3.8, 4) is 23.0 Å². The van der Waals surface area contributed by atoms with E-state index >= 15 is 0 Å². The Morgan fingerprint density at radius 1 is 0.889 bits per heavy atom. The Labute approximate surface area is 155 Å². The van der Waals surface area contributed by atoms with Crippen molar-refractivity contribution in [2.24, 2.45) is 0 Å². The quantitative estimate of drug-likeness (QED) is 0.460. The highest BCUT2D eigenvalue weighted by molar-refractivity contribution is 5.81. The van der Waals surface area contributed by atoms with Gasteiger partial charge in [-0.2, -0.15) is 0 Å². The molecule has 0 aliphatic rings. The zero-order chi connectivity index (χ0) is 18.6. The van der Waals surface area contributed by atoms with Crippen molar-refractivity contribution in [1.29, 1.82) is 0 Å². The molecule has 0 aliphatic carbocycles. The zero-order valence-corrected chi connectivity index (χ0v) is 14.8. The molecule has 0 fully saturated rings. The number of benzene rings is 2. The first-order valence-corrected chi connectivity index (χ1v) is 8.64. The number of hydrogen-bond donors (Lipinski definition) is 0. The normalized spacial score (nSPS) is 10.9. The van der Waals surface area contributed by atoms with Gasteiger partial charge in [0.25, 0.3) is 0 Å². The molecule has 5 nitrogen and oxygen atoms in total. The first-order valence-electron chi connectivity index (χ1n) is 8.64. The molecule has 0 bridgehead atoms. The zero-order valence-electron chi connectivity index (χ0n) is 14.8. The lowest BCUT2D eigenvalue weighted by molar-refractivity contribution is 0.214. The Morgan fingerprint density at radius 3 is 2.44 bits per heavy atom. The average Bonchev–Trinajstić information content (AvgIpc) is 3.22. The summed E-state index contributed by atoms with van der Waals surface area (Å²) in [5.74, 6) is 1.59. The highest BCUT2D eigenvalue weighted by Crippen LogP contribution is 2.31. The highest BCUT2D eigenvalue weighted by Gasteiger charge is 2.19. The van der Waals surface area contributed by atoms with Crippen molar-refractivity contribution in [3.05, 3.63) is 82.7 Å². The monoisotopic (exact) mass is 362 g/mol. The molecule has 0 atom stereocenters. The number of ether oxygens (including phenoxy) is 2. The predicted molar refractivity (Wildman–Crippen MR) is 102 cm³/mol. The Morgan fingerprint density at radius 2 is 1.67 bits per heavy atom. The van der Waals surface area contributed by atoms with Gasteiger partial charge < -0.3 is 18.3 Å². The van der Waals surface area contributed by atoms with Crippen molar-refractivity contribution < 1.29 is 18.3 Å². The van der Waals surface area contributed by atoms with Gasteiger partial charge >= 0.3 is 0 Å². The molecule has 0 saturated heterocycles. The second kappa shape index (κ2) is 7.41. The summed E-state index contributed by atoms with van der Waals surface area (Å²) in [6.07, 6.45) is 1.52. The number of hydrogen-bond acceptors (Lipinski definition) is 5. The maximum Gasteiger partial charge on any atom is 0.235 e. The molecule has 4 rings (SSSR count). The Balaban J connectivity index is 1.58. The Bertz CT molecular complexity index is 1090. The predicted octanol–water partition coefficient (Wildman–Crippen LogP) is 4.82. The third-order valence-electron chi connectivity index (χ3n) is 4.12. The van der Waals surface area contributed by atoms with E-state index < -0.39 is 0 Å². The number of rotatable bonds is 6. The van der Waals surface area contributed by atoms with Crippen LogP contribution in [0.5, 0.6) is 11.5 Å².